The summed E-state index contributed by atoms with van der Waals surface area (Å²) < 4.78 is 5.46. The highest BCUT2D eigenvalue weighted by atomic mass is 32.1. The number of hydrogen-bond donors (Lipinski definition) is 0. The minimum Gasteiger partial charge on any atom is -0.488 e. The lowest BCUT2D eigenvalue weighted by Crippen LogP contribution is -1.98. The van der Waals surface area contributed by atoms with Crippen molar-refractivity contribution in [2.24, 2.45) is 0 Å². The van der Waals surface area contributed by atoms with E-state index in [4.69, 9.17) is 4.74 Å². The Morgan fingerprint density at radius 2 is 2.22 bits per heavy atom. The number of carbonyl (C=O) groups excluding carboxylic acids is 1. The summed E-state index contributed by atoms with van der Waals surface area (Å²) in [5.74, 6) is 0.349. The van der Waals surface area contributed by atoms with E-state index in [-0.39, 0.29) is 11.3 Å². The second kappa shape index (κ2) is 5.42. The summed E-state index contributed by atoms with van der Waals surface area (Å²) in [6.45, 7) is 0.335. The molecule has 1 aromatic carbocycles. The lowest BCUT2D eigenvalue weighted by Gasteiger charge is -2.06. The molecule has 0 bridgehead atoms. The van der Waals surface area contributed by atoms with E-state index in [0.29, 0.717) is 18.6 Å². The van der Waals surface area contributed by atoms with Crippen LogP contribution < -0.4 is 4.74 Å². The van der Waals surface area contributed by atoms with Gasteiger partial charge in [0.05, 0.1) is 10.5 Å². The fraction of sp³-hybridized carbons (Fsp3) is 0.0833. The van der Waals surface area contributed by atoms with E-state index in [1.54, 1.807) is 11.3 Å². The molecule has 2 rings (SSSR count). The van der Waals surface area contributed by atoms with Gasteiger partial charge in [-0.05, 0) is 28.5 Å². The first-order valence-electron chi connectivity index (χ1n) is 5.08. The molecule has 0 N–H and O–H groups in total. The third-order valence-corrected chi connectivity index (χ3v) is 3.04. The van der Waals surface area contributed by atoms with Crippen LogP contribution in [0, 0.1) is 10.1 Å². The van der Waals surface area contributed by atoms with Crippen molar-refractivity contribution in [3.63, 3.8) is 0 Å². The Kier molecular flexibility index (Phi) is 3.69. The molecule has 0 saturated heterocycles. The van der Waals surface area contributed by atoms with E-state index in [0.717, 1.165) is 5.56 Å². The van der Waals surface area contributed by atoms with E-state index in [1.807, 2.05) is 16.8 Å². The molecule has 0 spiro atoms. The Hall–Kier alpha value is -2.21. The molecule has 5 nitrogen and oxygen atoms in total. The molecule has 0 fully saturated rings. The van der Waals surface area contributed by atoms with Gasteiger partial charge in [-0.15, -0.1) is 0 Å². The van der Waals surface area contributed by atoms with Crippen molar-refractivity contribution in [3.05, 3.63) is 56.3 Å². The predicted octanol–water partition coefficient (Wildman–Crippen LogP) is 3.05. The highest BCUT2D eigenvalue weighted by Gasteiger charge is 2.11. The molecule has 92 valence electrons. The molecule has 0 radical (unpaired) electrons. The van der Waals surface area contributed by atoms with Crippen molar-refractivity contribution in [3.8, 4) is 5.75 Å². The van der Waals surface area contributed by atoms with Gasteiger partial charge in [0.1, 0.15) is 12.4 Å². The molecular formula is C12H9NO4S. The van der Waals surface area contributed by atoms with Crippen molar-refractivity contribution in [2.45, 2.75) is 6.61 Å². The first-order valence-corrected chi connectivity index (χ1v) is 6.02. The molecule has 0 aliphatic rings. The minimum atomic E-state index is -0.546. The van der Waals surface area contributed by atoms with Crippen LogP contribution in [-0.2, 0) is 6.61 Å². The number of benzene rings is 1. The third-order valence-electron chi connectivity index (χ3n) is 2.31. The van der Waals surface area contributed by atoms with Gasteiger partial charge < -0.3 is 4.74 Å². The lowest BCUT2D eigenvalue weighted by atomic mass is 10.2. The monoisotopic (exact) mass is 263 g/mol. The number of nitrogens with zero attached hydrogens (tertiary/aromatic N) is 1. The first kappa shape index (κ1) is 12.3. The van der Waals surface area contributed by atoms with Gasteiger partial charge in [-0.3, -0.25) is 14.9 Å². The molecular weight excluding hydrogens is 254 g/mol. The van der Waals surface area contributed by atoms with Crippen LogP contribution >= 0.6 is 11.3 Å². The smallest absolute Gasteiger partial charge is 0.270 e. The summed E-state index contributed by atoms with van der Waals surface area (Å²) in [6.07, 6.45) is 0.552. The zero-order valence-corrected chi connectivity index (χ0v) is 10.1. The van der Waals surface area contributed by atoms with Crippen molar-refractivity contribution in [2.75, 3.05) is 0 Å². The maximum Gasteiger partial charge on any atom is 0.270 e. The second-order valence-electron chi connectivity index (χ2n) is 3.52. The van der Waals surface area contributed by atoms with Gasteiger partial charge in [0, 0.05) is 12.1 Å². The van der Waals surface area contributed by atoms with Crippen molar-refractivity contribution in [1.29, 1.82) is 0 Å². The molecule has 0 aliphatic carbocycles. The van der Waals surface area contributed by atoms with E-state index in [1.165, 1.54) is 18.2 Å². The highest BCUT2D eigenvalue weighted by Crippen LogP contribution is 2.23. The summed E-state index contributed by atoms with van der Waals surface area (Å²) >= 11 is 1.55. The molecule has 18 heavy (non-hydrogen) atoms. The van der Waals surface area contributed by atoms with Crippen molar-refractivity contribution in [1.82, 2.24) is 0 Å². The van der Waals surface area contributed by atoms with E-state index >= 15 is 0 Å². The second-order valence-corrected chi connectivity index (χ2v) is 4.30. The molecule has 0 atom stereocenters. The molecule has 2 aromatic rings. The number of non-ortho nitro benzene ring substituents is 1. The topological polar surface area (TPSA) is 69.4 Å². The molecule has 0 aliphatic heterocycles. The van der Waals surface area contributed by atoms with Gasteiger partial charge in [0.25, 0.3) is 5.69 Å². The number of ether oxygens (including phenoxy) is 1. The number of rotatable bonds is 5. The normalized spacial score (nSPS) is 10.0. The summed E-state index contributed by atoms with van der Waals surface area (Å²) in [4.78, 5) is 20.9. The maximum absolute atomic E-state index is 10.9. The minimum absolute atomic E-state index is 0.125. The molecule has 6 heteroatoms. The zero-order valence-electron chi connectivity index (χ0n) is 9.24. The van der Waals surface area contributed by atoms with Crippen LogP contribution in [0.2, 0.25) is 0 Å². The first-order chi connectivity index (χ1) is 8.70. The van der Waals surface area contributed by atoms with E-state index < -0.39 is 4.92 Å². The summed E-state index contributed by atoms with van der Waals surface area (Å²) in [5.41, 5.74) is 1.05. The molecule has 0 amide bonds. The average molecular weight is 263 g/mol. The Labute approximate surface area is 107 Å². The van der Waals surface area contributed by atoms with Crippen molar-refractivity contribution < 1.29 is 14.5 Å². The van der Waals surface area contributed by atoms with Crippen LogP contribution in [-0.4, -0.2) is 11.2 Å². The molecule has 1 heterocycles. The number of thiophene rings is 1. The standard InChI is InChI=1S/C12H9NO4S/c14-6-10-5-11(13(15)16)1-2-12(10)17-7-9-3-4-18-8-9/h1-6,8H,7H2. The quantitative estimate of drug-likeness (QED) is 0.472. The highest BCUT2D eigenvalue weighted by molar-refractivity contribution is 7.07. The van der Waals surface area contributed by atoms with Gasteiger partial charge >= 0.3 is 0 Å². The molecule has 0 saturated carbocycles. The number of carbonyl (C=O) groups is 1. The van der Waals surface area contributed by atoms with Crippen LogP contribution in [0.3, 0.4) is 0 Å². The van der Waals surface area contributed by atoms with E-state index in [2.05, 4.69) is 0 Å². The fourth-order valence-electron chi connectivity index (χ4n) is 1.41. The Morgan fingerprint density at radius 1 is 1.39 bits per heavy atom. The van der Waals surface area contributed by atoms with Gasteiger partial charge in [-0.1, -0.05) is 0 Å². The Bertz CT molecular complexity index is 565. The fourth-order valence-corrected chi connectivity index (χ4v) is 2.06. The zero-order chi connectivity index (χ0) is 13.0. The number of nitro groups is 1. The van der Waals surface area contributed by atoms with E-state index in [9.17, 15) is 14.9 Å². The van der Waals surface area contributed by atoms with Crippen LogP contribution in [0.1, 0.15) is 15.9 Å². The van der Waals surface area contributed by atoms with Gasteiger partial charge in [0.2, 0.25) is 0 Å². The number of aldehydes is 1. The van der Waals surface area contributed by atoms with Crippen molar-refractivity contribution >= 4 is 23.3 Å². The lowest BCUT2D eigenvalue weighted by molar-refractivity contribution is -0.384. The van der Waals surface area contributed by atoms with Crippen LogP contribution in [0.15, 0.2) is 35.0 Å². The molecule has 1 aromatic heterocycles. The van der Waals surface area contributed by atoms with Crippen LogP contribution in [0.4, 0.5) is 5.69 Å². The number of hydrogen-bond acceptors (Lipinski definition) is 5. The Morgan fingerprint density at radius 3 is 2.83 bits per heavy atom. The summed E-state index contributed by atoms with van der Waals surface area (Å²) in [6, 6.07) is 5.87. The van der Waals surface area contributed by atoms with Gasteiger partial charge in [-0.2, -0.15) is 11.3 Å². The largest absolute Gasteiger partial charge is 0.488 e. The molecule has 0 unspecified atom stereocenters. The number of nitro benzene ring substituents is 1. The third kappa shape index (κ3) is 2.72. The summed E-state index contributed by atoms with van der Waals surface area (Å²) in [5, 5.41) is 14.4. The SMILES string of the molecule is O=Cc1cc([N+](=O)[O-])ccc1OCc1ccsc1. The van der Waals surface area contributed by atoms with Gasteiger partial charge in [-0.25, -0.2) is 0 Å². The van der Waals surface area contributed by atoms with Crippen LogP contribution in [0.25, 0.3) is 0 Å². The Balaban J connectivity index is 2.17. The predicted molar refractivity (Wildman–Crippen MR) is 67.1 cm³/mol. The summed E-state index contributed by atoms with van der Waals surface area (Å²) in [7, 11) is 0. The van der Waals surface area contributed by atoms with Crippen LogP contribution in [0.5, 0.6) is 5.75 Å². The van der Waals surface area contributed by atoms with Gasteiger partial charge in [0.15, 0.2) is 6.29 Å². The maximum atomic E-state index is 10.9. The average Bonchev–Trinajstić information content (AvgIpc) is 2.89.